The van der Waals surface area contributed by atoms with Crippen molar-refractivity contribution in [2.75, 3.05) is 33.9 Å². The Morgan fingerprint density at radius 1 is 0.976 bits per heavy atom. The topological polar surface area (TPSA) is 104 Å². The summed E-state index contributed by atoms with van der Waals surface area (Å²) in [6.45, 7) is 3.90. The number of sulfonamides is 1. The van der Waals surface area contributed by atoms with Crippen molar-refractivity contribution >= 4 is 43.9 Å². The van der Waals surface area contributed by atoms with Crippen LogP contribution in [0.25, 0.3) is 10.8 Å². The third-order valence-corrected chi connectivity index (χ3v) is 9.37. The van der Waals surface area contributed by atoms with Crippen LogP contribution in [0.3, 0.4) is 0 Å². The summed E-state index contributed by atoms with van der Waals surface area (Å²) in [7, 11) is 1.38. The van der Waals surface area contributed by atoms with Gasteiger partial charge in [-0.1, -0.05) is 54.6 Å². The van der Waals surface area contributed by atoms with E-state index in [0.29, 0.717) is 19.3 Å². The van der Waals surface area contributed by atoms with Gasteiger partial charge in [0.25, 0.3) is 0 Å². The van der Waals surface area contributed by atoms with E-state index in [4.69, 9.17) is 5.73 Å². The first-order valence-electron chi connectivity index (χ1n) is 13.6. The van der Waals surface area contributed by atoms with E-state index in [0.717, 1.165) is 27.5 Å². The van der Waals surface area contributed by atoms with E-state index in [1.807, 2.05) is 73.8 Å². The molecule has 0 radical (unpaired) electrons. The molecule has 0 aliphatic rings. The minimum Gasteiger partial charge on any atom is -0.339 e. The first-order valence-corrected chi connectivity index (χ1v) is 16.3. The van der Waals surface area contributed by atoms with Gasteiger partial charge < -0.3 is 15.5 Å². The molecule has 0 bridgehead atoms. The maximum Gasteiger partial charge on any atom is 0.246 e. The number of amides is 2. The van der Waals surface area contributed by atoms with Crippen molar-refractivity contribution in [2.45, 2.75) is 50.7 Å². The molecule has 0 aliphatic heterocycles. The zero-order valence-electron chi connectivity index (χ0n) is 24.8. The number of rotatable bonds is 13. The molecule has 10 heteroatoms. The van der Waals surface area contributed by atoms with Crippen molar-refractivity contribution in [1.29, 1.82) is 0 Å². The van der Waals surface area contributed by atoms with Crippen LogP contribution < -0.4 is 5.73 Å². The van der Waals surface area contributed by atoms with Crippen LogP contribution in [0.15, 0.2) is 72.1 Å². The van der Waals surface area contributed by atoms with Gasteiger partial charge in [-0.25, -0.2) is 12.7 Å². The van der Waals surface area contributed by atoms with Crippen LogP contribution in [-0.4, -0.2) is 85.9 Å². The second-order valence-electron chi connectivity index (χ2n) is 11.4. The highest BCUT2D eigenvalue weighted by Gasteiger charge is 2.33. The van der Waals surface area contributed by atoms with Crippen LogP contribution in [0.2, 0.25) is 0 Å². The van der Waals surface area contributed by atoms with E-state index in [1.54, 1.807) is 36.4 Å². The minimum absolute atomic E-state index is 0.130. The lowest BCUT2D eigenvalue weighted by molar-refractivity contribution is -0.143. The molecule has 0 saturated heterocycles. The number of nitrogens with two attached hydrogens (primary N) is 1. The molecular formula is C31H42N4O4S2. The monoisotopic (exact) mass is 598 g/mol. The van der Waals surface area contributed by atoms with E-state index in [-0.39, 0.29) is 18.4 Å². The molecule has 41 heavy (non-hydrogen) atoms. The molecule has 2 aromatic carbocycles. The molecular weight excluding hydrogens is 556 g/mol. The number of carbonyl (C=O) groups excluding carboxylic acids is 2. The Labute approximate surface area is 248 Å². The lowest BCUT2D eigenvalue weighted by Gasteiger charge is -2.36. The van der Waals surface area contributed by atoms with E-state index in [2.05, 4.69) is 0 Å². The second-order valence-corrected chi connectivity index (χ2v) is 14.5. The van der Waals surface area contributed by atoms with E-state index >= 15 is 0 Å². The van der Waals surface area contributed by atoms with Gasteiger partial charge in [-0.05, 0) is 54.1 Å². The van der Waals surface area contributed by atoms with Gasteiger partial charge in [0, 0.05) is 50.9 Å². The first kappa shape index (κ1) is 32.5. The molecule has 1 heterocycles. The summed E-state index contributed by atoms with van der Waals surface area (Å²) in [5, 5.41) is 4.10. The van der Waals surface area contributed by atoms with Gasteiger partial charge in [0.2, 0.25) is 21.8 Å². The van der Waals surface area contributed by atoms with Crippen LogP contribution in [0.4, 0.5) is 0 Å². The van der Waals surface area contributed by atoms with Crippen LogP contribution in [-0.2, 0) is 32.5 Å². The molecule has 2 N–H and O–H groups in total. The fourth-order valence-corrected chi connectivity index (χ4v) is 5.77. The zero-order chi connectivity index (χ0) is 30.4. The number of nitrogens with zero attached hydrogens (tertiary/aromatic N) is 3. The highest BCUT2D eigenvalue weighted by molar-refractivity contribution is 7.88. The molecule has 222 valence electrons. The smallest absolute Gasteiger partial charge is 0.246 e. The Morgan fingerprint density at radius 3 is 2.27 bits per heavy atom. The molecule has 0 fully saturated rings. The van der Waals surface area contributed by atoms with Gasteiger partial charge in [-0.2, -0.15) is 0 Å². The van der Waals surface area contributed by atoms with Crippen LogP contribution in [0, 0.1) is 0 Å². The van der Waals surface area contributed by atoms with Crippen molar-refractivity contribution in [1.82, 2.24) is 14.1 Å². The normalized spacial score (nSPS) is 14.0. The summed E-state index contributed by atoms with van der Waals surface area (Å²) < 4.78 is 25.8. The lowest BCUT2D eigenvalue weighted by Crippen LogP contribution is -2.54. The number of fused-ring (bicyclic) bond motifs is 1. The van der Waals surface area contributed by atoms with Crippen molar-refractivity contribution in [2.24, 2.45) is 5.73 Å². The number of hydrogen-bond acceptors (Lipinski definition) is 6. The summed E-state index contributed by atoms with van der Waals surface area (Å²) >= 11 is 1.56. The molecule has 2 amide bonds. The van der Waals surface area contributed by atoms with Crippen molar-refractivity contribution in [3.05, 3.63) is 82.6 Å². The highest BCUT2D eigenvalue weighted by atomic mass is 32.2. The van der Waals surface area contributed by atoms with Crippen molar-refractivity contribution in [3.8, 4) is 0 Å². The lowest BCUT2D eigenvalue weighted by atomic mass is 9.99. The SMILES string of the molecule is CN(C(=O)[C@@H](Cc1ccc2ccccc2c1)N(C)C(=O)/C=C\CC(C)(C)N)[C@H](Cc1cccs1)CN(C)S(C)(=O)=O. The molecule has 0 spiro atoms. The standard InChI is InChI=1S/C31H42N4O4S2/c1-31(2,32)17-9-14-29(36)35(5)28(20-23-15-16-24-11-7-8-12-25(24)19-23)30(37)34(4)26(21-27-13-10-18-40-27)22-33(3)41(6,38)39/h7-16,18-19,26,28H,17,20-22,32H2,1-6H3/b14-9-/t26-,28-/m1/s1. The molecule has 3 rings (SSSR count). The number of likely N-dealkylation sites (N-methyl/N-ethyl adjacent to an activating group) is 3. The summed E-state index contributed by atoms with van der Waals surface area (Å²) in [6.07, 6.45) is 5.67. The molecule has 3 aromatic rings. The first-order chi connectivity index (χ1) is 19.2. The summed E-state index contributed by atoms with van der Waals surface area (Å²) in [5.41, 5.74) is 6.53. The quantitative estimate of drug-likeness (QED) is 0.301. The molecule has 8 nitrogen and oxygen atoms in total. The van der Waals surface area contributed by atoms with E-state index in [9.17, 15) is 18.0 Å². The second kappa shape index (κ2) is 13.7. The van der Waals surface area contributed by atoms with Crippen molar-refractivity contribution < 1.29 is 18.0 Å². The number of thiophene rings is 1. The molecule has 0 aliphatic carbocycles. The maximum atomic E-state index is 14.2. The van der Waals surface area contributed by atoms with Crippen LogP contribution in [0.5, 0.6) is 0 Å². The maximum absolute atomic E-state index is 14.2. The highest BCUT2D eigenvalue weighted by Crippen LogP contribution is 2.21. The predicted molar refractivity (Wildman–Crippen MR) is 168 cm³/mol. The molecule has 2 atom stereocenters. The molecule has 0 saturated carbocycles. The molecule has 0 unspecified atom stereocenters. The number of hydrogen-bond donors (Lipinski definition) is 1. The Hall–Kier alpha value is -3.05. The summed E-state index contributed by atoms with van der Waals surface area (Å²) in [4.78, 5) is 31.6. The summed E-state index contributed by atoms with van der Waals surface area (Å²) in [6, 6.07) is 16.7. The van der Waals surface area contributed by atoms with Gasteiger partial charge in [0.05, 0.1) is 12.3 Å². The fraction of sp³-hybridized carbons (Fsp3) is 0.419. The van der Waals surface area contributed by atoms with Gasteiger partial charge in [0.15, 0.2) is 0 Å². The van der Waals surface area contributed by atoms with E-state index in [1.165, 1.54) is 22.3 Å². The fourth-order valence-electron chi connectivity index (χ4n) is 4.55. The Bertz CT molecular complexity index is 1460. The minimum atomic E-state index is -3.46. The average Bonchev–Trinajstić information content (AvgIpc) is 3.42. The van der Waals surface area contributed by atoms with Gasteiger partial charge >= 0.3 is 0 Å². The Morgan fingerprint density at radius 2 is 1.66 bits per heavy atom. The van der Waals surface area contributed by atoms with Gasteiger partial charge in [-0.3, -0.25) is 9.59 Å². The summed E-state index contributed by atoms with van der Waals surface area (Å²) in [5.74, 6) is -0.560. The molecule has 1 aromatic heterocycles. The third kappa shape index (κ3) is 9.49. The van der Waals surface area contributed by atoms with E-state index < -0.39 is 27.6 Å². The van der Waals surface area contributed by atoms with Gasteiger partial charge in [0.1, 0.15) is 6.04 Å². The number of carbonyl (C=O) groups is 2. The van der Waals surface area contributed by atoms with Crippen LogP contribution >= 0.6 is 11.3 Å². The van der Waals surface area contributed by atoms with Crippen molar-refractivity contribution in [3.63, 3.8) is 0 Å². The third-order valence-electron chi connectivity index (χ3n) is 7.19. The largest absolute Gasteiger partial charge is 0.339 e. The Kier molecular flexibility index (Phi) is 10.9. The van der Waals surface area contributed by atoms with Gasteiger partial charge in [-0.15, -0.1) is 11.3 Å². The van der Waals surface area contributed by atoms with Crippen LogP contribution in [0.1, 0.15) is 30.7 Å². The predicted octanol–water partition coefficient (Wildman–Crippen LogP) is 3.92. The Balaban J connectivity index is 1.95. The average molecular weight is 599 g/mol. The number of benzene rings is 2. The zero-order valence-corrected chi connectivity index (χ0v) is 26.4.